The summed E-state index contributed by atoms with van der Waals surface area (Å²) in [4.78, 5) is 6.04. The molecule has 1 atom stereocenters. The predicted molar refractivity (Wildman–Crippen MR) is 76.5 cm³/mol. The van der Waals surface area contributed by atoms with Crippen molar-refractivity contribution in [2.45, 2.75) is 6.10 Å². The number of ether oxygens (including phenoxy) is 1. The highest BCUT2D eigenvalue weighted by molar-refractivity contribution is 6.29. The van der Waals surface area contributed by atoms with Crippen LogP contribution in [0.1, 0.15) is 11.7 Å². The summed E-state index contributed by atoms with van der Waals surface area (Å²) in [5, 5.41) is 0.420. The Morgan fingerprint density at radius 1 is 1.19 bits per heavy atom. The van der Waals surface area contributed by atoms with Crippen molar-refractivity contribution in [1.82, 2.24) is 4.98 Å². The maximum Gasteiger partial charge on any atom is 0.159 e. The molecule has 1 aromatic heterocycles. The average Bonchev–Trinajstić information content (AvgIpc) is 2.50. The number of hydrogen-bond acceptors (Lipinski definition) is 3. The van der Waals surface area contributed by atoms with Crippen LogP contribution in [-0.2, 0) is 4.74 Å². The summed E-state index contributed by atoms with van der Waals surface area (Å²) >= 11 is 5.90. The number of morpholine rings is 1. The highest BCUT2D eigenvalue weighted by Crippen LogP contribution is 2.27. The van der Waals surface area contributed by atoms with Crippen molar-refractivity contribution in [3.8, 4) is 0 Å². The lowest BCUT2D eigenvalue weighted by molar-refractivity contribution is 0.0395. The van der Waals surface area contributed by atoms with Crippen LogP contribution in [0.4, 0.5) is 14.5 Å². The van der Waals surface area contributed by atoms with Crippen LogP contribution in [0.3, 0.4) is 0 Å². The van der Waals surface area contributed by atoms with Gasteiger partial charge in [-0.15, -0.1) is 0 Å². The molecule has 0 amide bonds. The quantitative estimate of drug-likeness (QED) is 0.793. The lowest BCUT2D eigenvalue weighted by Crippen LogP contribution is -2.38. The highest BCUT2D eigenvalue weighted by Gasteiger charge is 2.23. The van der Waals surface area contributed by atoms with Gasteiger partial charge in [0.2, 0.25) is 0 Å². The van der Waals surface area contributed by atoms with Crippen LogP contribution in [0, 0.1) is 11.6 Å². The maximum atomic E-state index is 13.3. The molecule has 1 aromatic carbocycles. The highest BCUT2D eigenvalue weighted by atomic mass is 35.5. The summed E-state index contributed by atoms with van der Waals surface area (Å²) in [6, 6.07) is 7.49. The van der Waals surface area contributed by atoms with E-state index >= 15 is 0 Å². The first-order valence-corrected chi connectivity index (χ1v) is 6.94. The third-order valence-electron chi connectivity index (χ3n) is 3.46. The smallest absolute Gasteiger partial charge is 0.159 e. The van der Waals surface area contributed by atoms with Crippen LogP contribution in [-0.4, -0.2) is 24.7 Å². The van der Waals surface area contributed by atoms with Gasteiger partial charge in [0.15, 0.2) is 11.6 Å². The van der Waals surface area contributed by atoms with Crippen LogP contribution in [0.25, 0.3) is 0 Å². The van der Waals surface area contributed by atoms with E-state index in [0.29, 0.717) is 30.4 Å². The Balaban J connectivity index is 1.80. The molecule has 0 aliphatic carbocycles. The Labute approximate surface area is 126 Å². The predicted octanol–water partition coefficient (Wildman–Crippen LogP) is 3.59. The molecule has 0 spiro atoms. The number of halogens is 3. The zero-order valence-corrected chi connectivity index (χ0v) is 11.9. The number of benzene rings is 1. The molecule has 1 aliphatic rings. The van der Waals surface area contributed by atoms with E-state index in [1.165, 1.54) is 6.07 Å². The van der Waals surface area contributed by atoms with Gasteiger partial charge in [-0.1, -0.05) is 17.7 Å². The van der Waals surface area contributed by atoms with Crippen molar-refractivity contribution in [3.63, 3.8) is 0 Å². The molecule has 1 unspecified atom stereocenters. The van der Waals surface area contributed by atoms with Crippen LogP contribution in [0.15, 0.2) is 36.5 Å². The first kappa shape index (κ1) is 14.2. The lowest BCUT2D eigenvalue weighted by atomic mass is 10.1. The average molecular weight is 311 g/mol. The monoisotopic (exact) mass is 310 g/mol. The number of pyridine rings is 1. The minimum atomic E-state index is -0.861. The van der Waals surface area contributed by atoms with Crippen LogP contribution in [0.5, 0.6) is 0 Å². The van der Waals surface area contributed by atoms with Gasteiger partial charge in [-0.2, -0.15) is 0 Å². The van der Waals surface area contributed by atoms with Crippen molar-refractivity contribution >= 4 is 17.3 Å². The van der Waals surface area contributed by atoms with Crippen LogP contribution < -0.4 is 4.90 Å². The van der Waals surface area contributed by atoms with E-state index in [-0.39, 0.29) is 6.10 Å². The molecule has 0 bridgehead atoms. The fourth-order valence-electron chi connectivity index (χ4n) is 2.39. The normalized spacial score (nSPS) is 18.8. The summed E-state index contributed by atoms with van der Waals surface area (Å²) in [5.74, 6) is -1.72. The van der Waals surface area contributed by atoms with Gasteiger partial charge in [-0.3, -0.25) is 0 Å². The van der Waals surface area contributed by atoms with Gasteiger partial charge < -0.3 is 9.64 Å². The molecule has 1 fully saturated rings. The Morgan fingerprint density at radius 2 is 2.05 bits per heavy atom. The van der Waals surface area contributed by atoms with Crippen molar-refractivity contribution < 1.29 is 13.5 Å². The zero-order chi connectivity index (χ0) is 14.8. The number of aromatic nitrogens is 1. The van der Waals surface area contributed by atoms with Gasteiger partial charge >= 0.3 is 0 Å². The van der Waals surface area contributed by atoms with Gasteiger partial charge in [0.05, 0.1) is 6.61 Å². The van der Waals surface area contributed by atoms with Gasteiger partial charge in [0.1, 0.15) is 11.3 Å². The van der Waals surface area contributed by atoms with E-state index in [9.17, 15) is 8.78 Å². The van der Waals surface area contributed by atoms with E-state index in [4.69, 9.17) is 16.3 Å². The van der Waals surface area contributed by atoms with Gasteiger partial charge in [0, 0.05) is 25.0 Å². The van der Waals surface area contributed by atoms with Crippen molar-refractivity contribution in [3.05, 3.63) is 58.9 Å². The maximum absolute atomic E-state index is 13.3. The number of nitrogens with zero attached hydrogens (tertiary/aromatic N) is 2. The van der Waals surface area contributed by atoms with Crippen molar-refractivity contribution in [2.24, 2.45) is 0 Å². The molecule has 3 nitrogen and oxygen atoms in total. The van der Waals surface area contributed by atoms with Gasteiger partial charge in [-0.25, -0.2) is 13.8 Å². The van der Waals surface area contributed by atoms with E-state index in [2.05, 4.69) is 9.88 Å². The second-order valence-electron chi connectivity index (χ2n) is 4.82. The Bertz CT molecular complexity index is 653. The molecular weight excluding hydrogens is 298 g/mol. The minimum Gasteiger partial charge on any atom is -0.370 e. The summed E-state index contributed by atoms with van der Waals surface area (Å²) < 4.78 is 32.0. The molecular formula is C15H13ClF2N2O. The van der Waals surface area contributed by atoms with Crippen LogP contribution in [0.2, 0.25) is 5.15 Å². The summed E-state index contributed by atoms with van der Waals surface area (Å²) in [6.07, 6.45) is 1.33. The molecule has 0 N–H and O–H groups in total. The number of anilines is 1. The fourth-order valence-corrected chi connectivity index (χ4v) is 2.56. The Hall–Kier alpha value is -1.72. The van der Waals surface area contributed by atoms with Crippen molar-refractivity contribution in [1.29, 1.82) is 0 Å². The van der Waals surface area contributed by atoms with Crippen LogP contribution >= 0.6 is 11.6 Å². The summed E-state index contributed by atoms with van der Waals surface area (Å²) in [7, 11) is 0. The molecule has 6 heteroatoms. The van der Waals surface area contributed by atoms with Gasteiger partial charge in [-0.05, 0) is 29.8 Å². The molecule has 1 saturated heterocycles. The van der Waals surface area contributed by atoms with E-state index < -0.39 is 11.6 Å². The number of rotatable bonds is 2. The minimum absolute atomic E-state index is 0.305. The van der Waals surface area contributed by atoms with E-state index in [1.807, 2.05) is 6.07 Å². The van der Waals surface area contributed by atoms with E-state index in [0.717, 1.165) is 11.8 Å². The van der Waals surface area contributed by atoms with E-state index in [1.54, 1.807) is 18.3 Å². The topological polar surface area (TPSA) is 25.4 Å². The third kappa shape index (κ3) is 3.14. The Kier molecular flexibility index (Phi) is 4.03. The summed E-state index contributed by atoms with van der Waals surface area (Å²) in [5.41, 5.74) is 1.56. The molecule has 2 aromatic rings. The molecule has 2 heterocycles. The molecule has 1 aliphatic heterocycles. The molecule has 3 rings (SSSR count). The zero-order valence-electron chi connectivity index (χ0n) is 11.1. The molecule has 0 saturated carbocycles. The van der Waals surface area contributed by atoms with Crippen molar-refractivity contribution in [2.75, 3.05) is 24.6 Å². The summed E-state index contributed by atoms with van der Waals surface area (Å²) in [6.45, 7) is 1.76. The molecule has 21 heavy (non-hydrogen) atoms. The second-order valence-corrected chi connectivity index (χ2v) is 5.20. The first-order valence-electron chi connectivity index (χ1n) is 6.56. The third-order valence-corrected chi connectivity index (χ3v) is 3.66. The fraction of sp³-hybridized carbons (Fsp3) is 0.267. The largest absolute Gasteiger partial charge is 0.370 e. The standard InChI is InChI=1S/C15H13ClF2N2O/c16-15-8-11(3-4-19-15)20-5-6-21-14(9-20)10-1-2-12(17)13(18)7-10/h1-4,7-8,14H,5-6,9H2. The SMILES string of the molecule is Fc1ccc(C2CN(c3ccnc(Cl)c3)CCO2)cc1F. The van der Waals surface area contributed by atoms with Gasteiger partial charge in [0.25, 0.3) is 0 Å². The molecule has 0 radical (unpaired) electrons. The molecule has 110 valence electrons. The lowest BCUT2D eigenvalue weighted by Gasteiger charge is -2.34. The second kappa shape index (κ2) is 5.95. The number of hydrogen-bond donors (Lipinski definition) is 0. The first-order chi connectivity index (χ1) is 10.1. The Morgan fingerprint density at radius 3 is 2.81 bits per heavy atom.